The minimum absolute atomic E-state index is 0.111. The maximum Gasteiger partial charge on any atom is 0.297 e. The third-order valence-corrected chi connectivity index (χ3v) is 7.79. The normalized spacial score (nSPS) is 12.7. The SMILES string of the molecule is Cc1ccc(-c2csc(=Nc3c(C)n(C)n(-c4ccccc4)c3=O)n2C(C)CCc2ccccc2)cc1. The van der Waals surface area contributed by atoms with Crippen LogP contribution in [0.5, 0.6) is 0 Å². The van der Waals surface area contributed by atoms with Crippen molar-refractivity contribution in [1.82, 2.24) is 13.9 Å². The second-order valence-corrected chi connectivity index (χ2v) is 10.4. The Morgan fingerprint density at radius 1 is 0.892 bits per heavy atom. The molecule has 0 radical (unpaired) electrons. The fourth-order valence-electron chi connectivity index (χ4n) is 4.69. The van der Waals surface area contributed by atoms with Crippen molar-refractivity contribution in [2.45, 2.75) is 39.7 Å². The van der Waals surface area contributed by atoms with Crippen molar-refractivity contribution in [2.75, 3.05) is 0 Å². The van der Waals surface area contributed by atoms with Crippen LogP contribution in [0, 0.1) is 13.8 Å². The van der Waals surface area contributed by atoms with Crippen molar-refractivity contribution in [1.29, 1.82) is 0 Å². The molecule has 1 unspecified atom stereocenters. The second-order valence-electron chi connectivity index (χ2n) is 9.53. The summed E-state index contributed by atoms with van der Waals surface area (Å²) in [4.78, 5) is 19.4. The zero-order chi connectivity index (χ0) is 25.9. The first kappa shape index (κ1) is 24.8. The molecule has 3 aromatic carbocycles. The van der Waals surface area contributed by atoms with Gasteiger partial charge in [-0.2, -0.15) is 0 Å². The summed E-state index contributed by atoms with van der Waals surface area (Å²) in [7, 11) is 1.91. The fraction of sp³-hybridized carbons (Fsp3) is 0.226. The molecule has 37 heavy (non-hydrogen) atoms. The quantitative estimate of drug-likeness (QED) is 0.240. The Hall–Kier alpha value is -3.90. The third kappa shape index (κ3) is 5.02. The van der Waals surface area contributed by atoms with E-state index in [1.54, 1.807) is 16.0 Å². The van der Waals surface area contributed by atoms with E-state index in [9.17, 15) is 4.79 Å². The molecule has 1 atom stereocenters. The first-order valence-electron chi connectivity index (χ1n) is 12.6. The van der Waals surface area contributed by atoms with Gasteiger partial charge in [-0.25, -0.2) is 9.67 Å². The molecule has 0 saturated carbocycles. The lowest BCUT2D eigenvalue weighted by molar-refractivity contribution is 0.501. The van der Waals surface area contributed by atoms with E-state index in [0.29, 0.717) is 5.69 Å². The molecule has 0 aliphatic carbocycles. The molecule has 0 aliphatic heterocycles. The second kappa shape index (κ2) is 10.6. The molecule has 0 bridgehead atoms. The number of benzene rings is 3. The first-order valence-corrected chi connectivity index (χ1v) is 13.5. The number of aryl methyl sites for hydroxylation is 2. The van der Waals surface area contributed by atoms with Crippen molar-refractivity contribution in [3.05, 3.63) is 122 Å². The molecular weight excluding hydrogens is 476 g/mol. The average Bonchev–Trinajstić information content (AvgIpc) is 3.43. The van der Waals surface area contributed by atoms with Crippen LogP contribution in [0.4, 0.5) is 5.69 Å². The lowest BCUT2D eigenvalue weighted by Gasteiger charge is -2.18. The van der Waals surface area contributed by atoms with Gasteiger partial charge in [-0.15, -0.1) is 11.3 Å². The topological polar surface area (TPSA) is 44.2 Å². The zero-order valence-electron chi connectivity index (χ0n) is 21.8. The maximum atomic E-state index is 13.6. The predicted molar refractivity (Wildman–Crippen MR) is 153 cm³/mol. The van der Waals surface area contributed by atoms with E-state index >= 15 is 0 Å². The van der Waals surface area contributed by atoms with Gasteiger partial charge in [0.15, 0.2) is 10.5 Å². The number of thiazole rings is 1. The Kier molecular flexibility index (Phi) is 7.10. The van der Waals surface area contributed by atoms with Gasteiger partial charge in [-0.3, -0.25) is 9.48 Å². The van der Waals surface area contributed by atoms with Gasteiger partial charge >= 0.3 is 0 Å². The number of aromatic nitrogens is 3. The van der Waals surface area contributed by atoms with Crippen molar-refractivity contribution in [2.24, 2.45) is 12.0 Å². The Morgan fingerprint density at radius 2 is 1.54 bits per heavy atom. The average molecular weight is 509 g/mol. The third-order valence-electron chi connectivity index (χ3n) is 6.95. The number of rotatable bonds is 7. The van der Waals surface area contributed by atoms with Gasteiger partial charge in [-0.05, 0) is 56.9 Å². The fourth-order valence-corrected chi connectivity index (χ4v) is 5.69. The molecule has 0 saturated heterocycles. The van der Waals surface area contributed by atoms with Crippen LogP contribution in [-0.4, -0.2) is 13.9 Å². The molecule has 0 amide bonds. The minimum atomic E-state index is -0.111. The van der Waals surface area contributed by atoms with Gasteiger partial charge in [0.1, 0.15) is 0 Å². The molecule has 0 N–H and O–H groups in total. The first-order chi connectivity index (χ1) is 17.9. The summed E-state index contributed by atoms with van der Waals surface area (Å²) in [6.07, 6.45) is 1.94. The van der Waals surface area contributed by atoms with E-state index in [1.165, 1.54) is 11.1 Å². The van der Waals surface area contributed by atoms with Gasteiger partial charge in [0.25, 0.3) is 5.56 Å². The summed E-state index contributed by atoms with van der Waals surface area (Å²) in [5.41, 5.74) is 6.87. The monoisotopic (exact) mass is 508 g/mol. The lowest BCUT2D eigenvalue weighted by atomic mass is 10.0. The molecule has 6 heteroatoms. The minimum Gasteiger partial charge on any atom is -0.314 e. The van der Waals surface area contributed by atoms with Crippen molar-refractivity contribution in [3.8, 4) is 16.9 Å². The highest BCUT2D eigenvalue weighted by Gasteiger charge is 2.18. The molecule has 2 heterocycles. The van der Waals surface area contributed by atoms with E-state index in [-0.39, 0.29) is 11.6 Å². The van der Waals surface area contributed by atoms with E-state index in [4.69, 9.17) is 4.99 Å². The van der Waals surface area contributed by atoms with Crippen LogP contribution >= 0.6 is 11.3 Å². The summed E-state index contributed by atoms with van der Waals surface area (Å²) in [5, 5.41) is 2.16. The Morgan fingerprint density at radius 3 is 2.22 bits per heavy atom. The van der Waals surface area contributed by atoms with Crippen LogP contribution in [0.15, 0.2) is 100 Å². The van der Waals surface area contributed by atoms with Gasteiger partial charge in [0, 0.05) is 18.5 Å². The van der Waals surface area contributed by atoms with E-state index in [2.05, 4.69) is 78.4 Å². The van der Waals surface area contributed by atoms with Crippen LogP contribution in [0.25, 0.3) is 16.9 Å². The van der Waals surface area contributed by atoms with Crippen LogP contribution in [0.2, 0.25) is 0 Å². The number of hydrogen-bond donors (Lipinski definition) is 0. The highest BCUT2D eigenvalue weighted by Crippen LogP contribution is 2.27. The standard InChI is InChI=1S/C31H32N4OS/c1-22-15-19-26(20-16-22)28-21-37-31(34(28)23(2)17-18-25-11-7-5-8-12-25)32-29-24(3)33(4)35(30(29)36)27-13-9-6-10-14-27/h5-16,19-21,23H,17-18H2,1-4H3. The highest BCUT2D eigenvalue weighted by atomic mass is 32.1. The Balaban J connectivity index is 1.62. The van der Waals surface area contributed by atoms with E-state index in [1.807, 2.05) is 49.0 Å². The van der Waals surface area contributed by atoms with Crippen LogP contribution < -0.4 is 10.4 Å². The molecule has 5 nitrogen and oxygen atoms in total. The van der Waals surface area contributed by atoms with Gasteiger partial charge in [-0.1, -0.05) is 78.4 Å². The molecule has 0 fully saturated rings. The van der Waals surface area contributed by atoms with Crippen molar-refractivity contribution >= 4 is 17.0 Å². The molecule has 0 spiro atoms. The maximum absolute atomic E-state index is 13.6. The van der Waals surface area contributed by atoms with Crippen molar-refractivity contribution < 1.29 is 0 Å². The molecule has 0 aliphatic rings. The Labute approximate surface area is 221 Å². The van der Waals surface area contributed by atoms with Crippen LogP contribution in [0.3, 0.4) is 0 Å². The van der Waals surface area contributed by atoms with Crippen LogP contribution in [-0.2, 0) is 13.5 Å². The molecular formula is C31H32N4OS. The van der Waals surface area contributed by atoms with Gasteiger partial charge < -0.3 is 4.57 Å². The smallest absolute Gasteiger partial charge is 0.297 e. The summed E-state index contributed by atoms with van der Waals surface area (Å²) in [6.45, 7) is 6.30. The summed E-state index contributed by atoms with van der Waals surface area (Å²) in [6, 6.07) is 29.1. The largest absolute Gasteiger partial charge is 0.314 e. The molecule has 5 aromatic rings. The summed E-state index contributed by atoms with van der Waals surface area (Å²) >= 11 is 1.59. The molecule has 5 rings (SSSR count). The summed E-state index contributed by atoms with van der Waals surface area (Å²) < 4.78 is 5.87. The predicted octanol–water partition coefficient (Wildman–Crippen LogP) is 6.75. The number of hydrogen-bond acceptors (Lipinski definition) is 3. The number of para-hydroxylation sites is 1. The summed E-state index contributed by atoms with van der Waals surface area (Å²) in [5.74, 6) is 0. The van der Waals surface area contributed by atoms with E-state index < -0.39 is 0 Å². The number of nitrogens with zero attached hydrogens (tertiary/aromatic N) is 4. The van der Waals surface area contributed by atoms with Crippen LogP contribution in [0.1, 0.15) is 36.2 Å². The molecule has 2 aromatic heterocycles. The lowest BCUT2D eigenvalue weighted by Crippen LogP contribution is -2.22. The van der Waals surface area contributed by atoms with Gasteiger partial charge in [0.05, 0.1) is 17.1 Å². The van der Waals surface area contributed by atoms with Gasteiger partial charge in [0.2, 0.25) is 0 Å². The highest BCUT2D eigenvalue weighted by molar-refractivity contribution is 7.07. The Bertz CT molecular complexity index is 1620. The zero-order valence-corrected chi connectivity index (χ0v) is 22.6. The van der Waals surface area contributed by atoms with Crippen molar-refractivity contribution in [3.63, 3.8) is 0 Å². The van der Waals surface area contributed by atoms with E-state index in [0.717, 1.165) is 40.3 Å². The molecule has 188 valence electrons.